The molecule has 1 aromatic rings. The van der Waals surface area contributed by atoms with Crippen molar-refractivity contribution < 1.29 is 6.16 Å². The Balaban J connectivity index is 0.000000917. The van der Waals surface area contributed by atoms with Gasteiger partial charge in [-0.05, 0) is 31.4 Å². The molecule has 0 aliphatic carbocycles. The Kier molecular flexibility index (Phi) is 6.55. The van der Waals surface area contributed by atoms with Gasteiger partial charge in [0.15, 0.2) is 0 Å². The summed E-state index contributed by atoms with van der Waals surface area (Å²) < 4.78 is 5.50. The molecule has 1 atom stereocenters. The highest BCUT2D eigenvalue weighted by Gasteiger charge is 2.14. The Bertz CT molecular complexity index is 300. The van der Waals surface area contributed by atoms with Gasteiger partial charge in [-0.25, -0.2) is 9.97 Å². The highest BCUT2D eigenvalue weighted by Crippen LogP contribution is 2.08. The Morgan fingerprint density at radius 2 is 2.12 bits per heavy atom. The Labute approximate surface area is 105 Å². The van der Waals surface area contributed by atoms with E-state index in [0.717, 1.165) is 18.5 Å². The van der Waals surface area contributed by atoms with Crippen LogP contribution in [0.5, 0.6) is 6.01 Å². The fourth-order valence-corrected chi connectivity index (χ4v) is 1.67. The van der Waals surface area contributed by atoms with E-state index in [4.69, 9.17) is 4.74 Å². The fraction of sp³-hybridized carbons (Fsp3) is 0.692. The lowest BCUT2D eigenvalue weighted by Gasteiger charge is -2.10. The first-order valence-electron chi connectivity index (χ1n) is 6.55. The Morgan fingerprint density at radius 3 is 2.65 bits per heavy atom. The van der Waals surface area contributed by atoms with Crippen LogP contribution in [0.4, 0.5) is 0 Å². The van der Waals surface area contributed by atoms with E-state index in [1.54, 1.807) is 0 Å². The minimum absolute atomic E-state index is 0. The van der Waals surface area contributed by atoms with Gasteiger partial charge >= 0.3 is 6.01 Å². The largest absolute Gasteiger partial charge is 0.462 e. The minimum Gasteiger partial charge on any atom is -0.462 e. The minimum atomic E-state index is 0. The molecule has 1 fully saturated rings. The Hall–Kier alpha value is -1.16. The lowest BCUT2D eigenvalue weighted by Crippen LogP contribution is -2.28. The molecule has 1 aromatic heterocycles. The third kappa shape index (κ3) is 4.69. The van der Waals surface area contributed by atoms with Gasteiger partial charge < -0.3 is 10.1 Å². The molecular formula is C13H25N3O. The maximum Gasteiger partial charge on any atom is 0.316 e. The standard InChI is InChI=1S/C11H17N3O.C2H6.H2/c1-2-9-6-13-11(14-7-9)15-8-10-4-3-5-12-10;1-2;/h6-7,10,12H,2-5,8H2,1H3;1-2H3;1H/t10-;;/m0../s1. The van der Waals surface area contributed by atoms with Crippen LogP contribution in [-0.2, 0) is 6.42 Å². The molecule has 4 nitrogen and oxygen atoms in total. The van der Waals surface area contributed by atoms with E-state index in [1.165, 1.54) is 12.8 Å². The first kappa shape index (κ1) is 13.9. The zero-order valence-corrected chi connectivity index (χ0v) is 11.1. The molecule has 0 unspecified atom stereocenters. The van der Waals surface area contributed by atoms with Crippen molar-refractivity contribution in [3.05, 3.63) is 18.0 Å². The molecule has 4 heteroatoms. The van der Waals surface area contributed by atoms with Crippen LogP contribution in [0.25, 0.3) is 0 Å². The summed E-state index contributed by atoms with van der Waals surface area (Å²) in [7, 11) is 0. The molecule has 1 aliphatic rings. The first-order chi connectivity index (χ1) is 8.38. The van der Waals surface area contributed by atoms with Crippen LogP contribution in [0.2, 0.25) is 0 Å². The van der Waals surface area contributed by atoms with Crippen LogP contribution in [0.15, 0.2) is 12.4 Å². The van der Waals surface area contributed by atoms with Gasteiger partial charge in [-0.3, -0.25) is 0 Å². The van der Waals surface area contributed by atoms with Crippen LogP contribution < -0.4 is 10.1 Å². The predicted molar refractivity (Wildman–Crippen MR) is 71.4 cm³/mol. The van der Waals surface area contributed by atoms with Crippen molar-refractivity contribution in [2.24, 2.45) is 0 Å². The van der Waals surface area contributed by atoms with Gasteiger partial charge in [-0.15, -0.1) is 0 Å². The number of ether oxygens (including phenoxy) is 1. The van der Waals surface area contributed by atoms with Crippen LogP contribution >= 0.6 is 0 Å². The van der Waals surface area contributed by atoms with Gasteiger partial charge in [-0.1, -0.05) is 20.8 Å². The molecule has 0 aromatic carbocycles. The van der Waals surface area contributed by atoms with Crippen molar-refractivity contribution in [1.29, 1.82) is 0 Å². The van der Waals surface area contributed by atoms with E-state index >= 15 is 0 Å². The summed E-state index contributed by atoms with van der Waals surface area (Å²) >= 11 is 0. The molecule has 2 heterocycles. The number of aryl methyl sites for hydroxylation is 1. The maximum atomic E-state index is 5.50. The second kappa shape index (κ2) is 8.01. The smallest absolute Gasteiger partial charge is 0.316 e. The van der Waals surface area contributed by atoms with Crippen molar-refractivity contribution >= 4 is 0 Å². The highest BCUT2D eigenvalue weighted by atomic mass is 16.5. The average molecular weight is 239 g/mol. The number of nitrogens with zero attached hydrogens (tertiary/aromatic N) is 2. The van der Waals surface area contributed by atoms with Crippen LogP contribution in [-0.4, -0.2) is 29.2 Å². The molecular weight excluding hydrogens is 214 g/mol. The van der Waals surface area contributed by atoms with E-state index in [1.807, 2.05) is 26.2 Å². The van der Waals surface area contributed by atoms with Gasteiger partial charge in [0.25, 0.3) is 0 Å². The van der Waals surface area contributed by atoms with E-state index in [2.05, 4.69) is 22.2 Å². The summed E-state index contributed by atoms with van der Waals surface area (Å²) in [6.07, 6.45) is 7.04. The number of hydrogen-bond donors (Lipinski definition) is 1. The van der Waals surface area contributed by atoms with E-state index < -0.39 is 0 Å². The van der Waals surface area contributed by atoms with Gasteiger partial charge in [0.1, 0.15) is 6.61 Å². The Morgan fingerprint density at radius 1 is 1.41 bits per heavy atom. The highest BCUT2D eigenvalue weighted by molar-refractivity contribution is 5.06. The number of nitrogens with one attached hydrogen (secondary N) is 1. The van der Waals surface area contributed by atoms with Crippen LogP contribution in [0, 0.1) is 0 Å². The van der Waals surface area contributed by atoms with Gasteiger partial charge in [0, 0.05) is 19.9 Å². The predicted octanol–water partition coefficient (Wildman–Crippen LogP) is 2.44. The number of hydrogen-bond acceptors (Lipinski definition) is 4. The first-order valence-corrected chi connectivity index (χ1v) is 6.55. The molecule has 0 spiro atoms. The van der Waals surface area contributed by atoms with Crippen molar-refractivity contribution in [3.63, 3.8) is 0 Å². The van der Waals surface area contributed by atoms with E-state index in [9.17, 15) is 0 Å². The second-order valence-corrected chi connectivity index (χ2v) is 3.83. The van der Waals surface area contributed by atoms with E-state index in [-0.39, 0.29) is 1.43 Å². The zero-order valence-electron chi connectivity index (χ0n) is 11.1. The summed E-state index contributed by atoms with van der Waals surface area (Å²) in [5.41, 5.74) is 1.14. The number of aromatic nitrogens is 2. The van der Waals surface area contributed by atoms with Crippen LogP contribution in [0.1, 0.15) is 40.6 Å². The van der Waals surface area contributed by atoms with Crippen LogP contribution in [0.3, 0.4) is 0 Å². The molecule has 1 saturated heterocycles. The fourth-order valence-electron chi connectivity index (χ4n) is 1.67. The summed E-state index contributed by atoms with van der Waals surface area (Å²) in [4.78, 5) is 8.30. The number of rotatable bonds is 4. The van der Waals surface area contributed by atoms with E-state index in [0.29, 0.717) is 18.7 Å². The quantitative estimate of drug-likeness (QED) is 0.876. The van der Waals surface area contributed by atoms with Gasteiger partial charge in [0.05, 0.1) is 0 Å². The molecule has 0 amide bonds. The van der Waals surface area contributed by atoms with Crippen molar-refractivity contribution in [2.75, 3.05) is 13.2 Å². The monoisotopic (exact) mass is 239 g/mol. The lowest BCUT2D eigenvalue weighted by atomic mass is 10.2. The summed E-state index contributed by atoms with van der Waals surface area (Å²) in [5.74, 6) is 0. The topological polar surface area (TPSA) is 47.0 Å². The molecule has 0 bridgehead atoms. The van der Waals surface area contributed by atoms with Gasteiger partial charge in [0.2, 0.25) is 0 Å². The third-order valence-corrected chi connectivity index (χ3v) is 2.67. The normalized spacial score (nSPS) is 18.4. The van der Waals surface area contributed by atoms with Crippen molar-refractivity contribution in [2.45, 2.75) is 46.1 Å². The molecule has 98 valence electrons. The lowest BCUT2D eigenvalue weighted by molar-refractivity contribution is 0.257. The molecule has 0 saturated carbocycles. The second-order valence-electron chi connectivity index (χ2n) is 3.83. The average Bonchev–Trinajstić information content (AvgIpc) is 2.92. The van der Waals surface area contributed by atoms with Gasteiger partial charge in [-0.2, -0.15) is 0 Å². The van der Waals surface area contributed by atoms with Crippen molar-refractivity contribution in [3.8, 4) is 6.01 Å². The van der Waals surface area contributed by atoms with Crippen molar-refractivity contribution in [1.82, 2.24) is 15.3 Å². The molecule has 17 heavy (non-hydrogen) atoms. The zero-order chi connectivity index (χ0) is 12.5. The summed E-state index contributed by atoms with van der Waals surface area (Å²) in [6.45, 7) is 7.86. The summed E-state index contributed by atoms with van der Waals surface area (Å²) in [5, 5.41) is 3.37. The third-order valence-electron chi connectivity index (χ3n) is 2.67. The molecule has 1 N–H and O–H groups in total. The SMILES string of the molecule is CC.CCc1cnc(OC[C@@H]2CCCN2)nc1.[HH]. The molecule has 0 radical (unpaired) electrons. The summed E-state index contributed by atoms with van der Waals surface area (Å²) in [6, 6.07) is 0.959. The molecule has 1 aliphatic heterocycles. The maximum absolute atomic E-state index is 5.50. The molecule has 2 rings (SSSR count).